The van der Waals surface area contributed by atoms with Crippen LogP contribution in [0.2, 0.25) is 0 Å². The van der Waals surface area contributed by atoms with Crippen molar-refractivity contribution < 1.29 is 14.3 Å². The van der Waals surface area contributed by atoms with E-state index in [9.17, 15) is 9.59 Å². The molecular formula is C15H16N2O3S. The molecule has 1 aromatic heterocycles. The van der Waals surface area contributed by atoms with Crippen LogP contribution in [0.4, 0.5) is 10.8 Å². The third kappa shape index (κ3) is 4.13. The van der Waals surface area contributed by atoms with E-state index in [0.717, 1.165) is 5.69 Å². The maximum atomic E-state index is 11.7. The molecule has 0 amide bonds. The molecule has 0 saturated heterocycles. The van der Waals surface area contributed by atoms with E-state index in [1.165, 1.54) is 29.4 Å². The summed E-state index contributed by atoms with van der Waals surface area (Å²) in [5.74, 6) is -0.790. The highest BCUT2D eigenvalue weighted by molar-refractivity contribution is 7.14. The molecule has 1 aromatic carbocycles. The Balaban J connectivity index is 2.04. The molecule has 6 heteroatoms. The van der Waals surface area contributed by atoms with Gasteiger partial charge in [-0.1, -0.05) is 6.07 Å². The predicted molar refractivity (Wildman–Crippen MR) is 82.3 cm³/mol. The second-order valence-electron chi connectivity index (χ2n) is 4.74. The standard InChI is InChI=1S/C15H16N2O3S/c1-9-4-5-12(6-10(9)2)16-15-17-13(8-21-15)14(19)20-7-11(3)18/h4-6,8H,7H2,1-3H3,(H,16,17). The number of hydrogen-bond donors (Lipinski definition) is 1. The molecule has 0 fully saturated rings. The number of esters is 1. The van der Waals surface area contributed by atoms with Gasteiger partial charge in [-0.3, -0.25) is 4.79 Å². The highest BCUT2D eigenvalue weighted by Gasteiger charge is 2.13. The topological polar surface area (TPSA) is 68.3 Å². The number of hydrogen-bond acceptors (Lipinski definition) is 6. The molecule has 2 rings (SSSR count). The Morgan fingerprint density at radius 2 is 2.05 bits per heavy atom. The van der Waals surface area contributed by atoms with Crippen LogP contribution in [0.5, 0.6) is 0 Å². The normalized spacial score (nSPS) is 10.2. The van der Waals surface area contributed by atoms with Crippen molar-refractivity contribution in [1.29, 1.82) is 0 Å². The van der Waals surface area contributed by atoms with E-state index in [1.807, 2.05) is 32.0 Å². The van der Waals surface area contributed by atoms with Crippen molar-refractivity contribution in [3.8, 4) is 0 Å². The highest BCUT2D eigenvalue weighted by Crippen LogP contribution is 2.23. The summed E-state index contributed by atoms with van der Waals surface area (Å²) in [6, 6.07) is 6.00. The Bertz CT molecular complexity index is 679. The lowest BCUT2D eigenvalue weighted by Crippen LogP contribution is -2.11. The second kappa shape index (κ2) is 6.49. The first-order valence-corrected chi connectivity index (χ1v) is 7.30. The molecular weight excluding hydrogens is 288 g/mol. The van der Waals surface area contributed by atoms with E-state index in [0.29, 0.717) is 5.13 Å². The first-order valence-electron chi connectivity index (χ1n) is 6.42. The van der Waals surface area contributed by atoms with Crippen molar-refractivity contribution in [2.24, 2.45) is 0 Å². The fourth-order valence-electron chi connectivity index (χ4n) is 1.61. The van der Waals surface area contributed by atoms with E-state index in [-0.39, 0.29) is 18.1 Å². The van der Waals surface area contributed by atoms with Crippen LogP contribution in [0.3, 0.4) is 0 Å². The molecule has 110 valence electrons. The van der Waals surface area contributed by atoms with Crippen LogP contribution in [0.15, 0.2) is 23.6 Å². The predicted octanol–water partition coefficient (Wildman–Crippen LogP) is 3.25. The summed E-state index contributed by atoms with van der Waals surface area (Å²) in [6.07, 6.45) is 0. The Hall–Kier alpha value is -2.21. The van der Waals surface area contributed by atoms with Gasteiger partial charge in [-0.2, -0.15) is 0 Å². The summed E-state index contributed by atoms with van der Waals surface area (Å²) in [5, 5.41) is 5.35. The summed E-state index contributed by atoms with van der Waals surface area (Å²) in [4.78, 5) is 26.6. The average Bonchev–Trinajstić information content (AvgIpc) is 2.89. The van der Waals surface area contributed by atoms with Gasteiger partial charge in [0.05, 0.1) is 0 Å². The number of nitrogens with zero attached hydrogens (tertiary/aromatic N) is 1. The highest BCUT2D eigenvalue weighted by atomic mass is 32.1. The van der Waals surface area contributed by atoms with Gasteiger partial charge in [0.25, 0.3) is 0 Å². The zero-order chi connectivity index (χ0) is 15.4. The molecule has 1 heterocycles. The number of aromatic nitrogens is 1. The third-order valence-corrected chi connectivity index (χ3v) is 3.64. The van der Waals surface area contributed by atoms with E-state index in [2.05, 4.69) is 10.3 Å². The van der Waals surface area contributed by atoms with Crippen molar-refractivity contribution in [2.75, 3.05) is 11.9 Å². The number of thiazole rings is 1. The van der Waals surface area contributed by atoms with Crippen LogP contribution in [0.25, 0.3) is 0 Å². The number of ether oxygens (including phenoxy) is 1. The van der Waals surface area contributed by atoms with Gasteiger partial charge in [0.1, 0.15) is 6.61 Å². The van der Waals surface area contributed by atoms with Gasteiger partial charge in [-0.25, -0.2) is 9.78 Å². The summed E-state index contributed by atoms with van der Waals surface area (Å²) in [7, 11) is 0. The fourth-order valence-corrected chi connectivity index (χ4v) is 2.31. The SMILES string of the molecule is CC(=O)COC(=O)c1csc(Nc2ccc(C)c(C)c2)n1. The second-order valence-corrected chi connectivity index (χ2v) is 5.60. The summed E-state index contributed by atoms with van der Waals surface area (Å²) >= 11 is 1.31. The zero-order valence-corrected chi connectivity index (χ0v) is 12.9. The largest absolute Gasteiger partial charge is 0.453 e. The number of carbonyl (C=O) groups excluding carboxylic acids is 2. The van der Waals surface area contributed by atoms with E-state index in [4.69, 9.17) is 4.74 Å². The number of anilines is 2. The number of benzene rings is 1. The summed E-state index contributed by atoms with van der Waals surface area (Å²) < 4.78 is 4.82. The number of aryl methyl sites for hydroxylation is 2. The number of nitrogens with one attached hydrogen (secondary N) is 1. The van der Waals surface area contributed by atoms with E-state index in [1.54, 1.807) is 5.38 Å². The van der Waals surface area contributed by atoms with E-state index < -0.39 is 5.97 Å². The minimum Gasteiger partial charge on any atom is -0.453 e. The fraction of sp³-hybridized carbons (Fsp3) is 0.267. The van der Waals surface area contributed by atoms with Crippen molar-refractivity contribution >= 4 is 33.9 Å². The molecule has 0 spiro atoms. The van der Waals surface area contributed by atoms with Gasteiger partial charge >= 0.3 is 5.97 Å². The molecule has 0 radical (unpaired) electrons. The minimum absolute atomic E-state index is 0.201. The van der Waals surface area contributed by atoms with Crippen molar-refractivity contribution in [1.82, 2.24) is 4.98 Å². The molecule has 1 N–H and O–H groups in total. The molecule has 0 aliphatic heterocycles. The molecule has 21 heavy (non-hydrogen) atoms. The molecule has 0 atom stereocenters. The molecule has 0 unspecified atom stereocenters. The zero-order valence-electron chi connectivity index (χ0n) is 12.1. The van der Waals surface area contributed by atoms with Crippen LogP contribution in [-0.4, -0.2) is 23.3 Å². The quantitative estimate of drug-likeness (QED) is 0.859. The first kappa shape index (κ1) is 15.2. The first-order chi connectivity index (χ1) is 9.95. The molecule has 2 aromatic rings. The van der Waals surface area contributed by atoms with Crippen LogP contribution < -0.4 is 5.32 Å². The minimum atomic E-state index is -0.588. The van der Waals surface area contributed by atoms with Gasteiger partial charge in [0, 0.05) is 11.1 Å². The Morgan fingerprint density at radius 3 is 2.71 bits per heavy atom. The van der Waals surface area contributed by atoms with E-state index >= 15 is 0 Å². The van der Waals surface area contributed by atoms with Gasteiger partial charge in [-0.15, -0.1) is 11.3 Å². The Kier molecular flexibility index (Phi) is 4.70. The summed E-state index contributed by atoms with van der Waals surface area (Å²) in [6.45, 7) is 5.22. The van der Waals surface area contributed by atoms with Crippen molar-refractivity contribution in [3.05, 3.63) is 40.4 Å². The third-order valence-electron chi connectivity index (χ3n) is 2.88. The monoisotopic (exact) mass is 304 g/mol. The lowest BCUT2D eigenvalue weighted by Gasteiger charge is -2.05. The maximum absolute atomic E-state index is 11.7. The number of rotatable bonds is 5. The van der Waals surface area contributed by atoms with Gasteiger partial charge in [0.15, 0.2) is 16.6 Å². The lowest BCUT2D eigenvalue weighted by atomic mass is 10.1. The van der Waals surface area contributed by atoms with Crippen LogP contribution in [0.1, 0.15) is 28.5 Å². The van der Waals surface area contributed by atoms with Crippen LogP contribution in [-0.2, 0) is 9.53 Å². The van der Waals surface area contributed by atoms with Gasteiger partial charge in [0.2, 0.25) is 0 Å². The van der Waals surface area contributed by atoms with Crippen molar-refractivity contribution in [3.63, 3.8) is 0 Å². The number of Topliss-reactive ketones (excluding diaryl/α,β-unsaturated/α-hetero) is 1. The average molecular weight is 304 g/mol. The van der Waals surface area contributed by atoms with Gasteiger partial charge < -0.3 is 10.1 Å². The van der Waals surface area contributed by atoms with Crippen molar-refractivity contribution in [2.45, 2.75) is 20.8 Å². The number of ketones is 1. The molecule has 0 bridgehead atoms. The van der Waals surface area contributed by atoms with Crippen LogP contribution in [0, 0.1) is 13.8 Å². The maximum Gasteiger partial charge on any atom is 0.358 e. The van der Waals surface area contributed by atoms with Gasteiger partial charge in [-0.05, 0) is 44.0 Å². The molecule has 0 aliphatic rings. The van der Waals surface area contributed by atoms with Crippen LogP contribution >= 0.6 is 11.3 Å². The lowest BCUT2D eigenvalue weighted by molar-refractivity contribution is -0.120. The molecule has 0 aliphatic carbocycles. The Labute approximate surface area is 127 Å². The Morgan fingerprint density at radius 1 is 1.29 bits per heavy atom. The molecule has 5 nitrogen and oxygen atoms in total. The summed E-state index contributed by atoms with van der Waals surface area (Å²) in [5.41, 5.74) is 3.51. The number of carbonyl (C=O) groups is 2. The smallest absolute Gasteiger partial charge is 0.358 e. The molecule has 0 saturated carbocycles.